The molecule has 1 heterocycles. The molecule has 20 heavy (non-hydrogen) atoms. The highest BCUT2D eigenvalue weighted by atomic mass is 79.9. The predicted octanol–water partition coefficient (Wildman–Crippen LogP) is 5.24. The van der Waals surface area contributed by atoms with E-state index < -0.39 is 5.60 Å². The van der Waals surface area contributed by atoms with Crippen LogP contribution in [-0.4, -0.2) is 18.2 Å². The second-order valence-electron chi connectivity index (χ2n) is 6.73. The van der Waals surface area contributed by atoms with Crippen LogP contribution in [0.1, 0.15) is 40.2 Å². The summed E-state index contributed by atoms with van der Waals surface area (Å²) in [5.41, 5.74) is 1.46. The van der Waals surface area contributed by atoms with E-state index in [4.69, 9.17) is 4.74 Å². The van der Waals surface area contributed by atoms with Gasteiger partial charge in [0, 0.05) is 20.9 Å². The topological polar surface area (TPSA) is 29.5 Å². The highest BCUT2D eigenvalue weighted by molar-refractivity contribution is 9.11. The maximum Gasteiger partial charge on any atom is 0.414 e. The van der Waals surface area contributed by atoms with Gasteiger partial charge < -0.3 is 4.74 Å². The van der Waals surface area contributed by atoms with Crippen LogP contribution in [-0.2, 0) is 10.2 Å². The SMILES string of the molecule is CC(C)(C)OC(=O)N1CC(C)(C)c2cc(Br)cc(Br)c21. The van der Waals surface area contributed by atoms with Crippen molar-refractivity contribution in [3.63, 3.8) is 0 Å². The number of benzene rings is 1. The van der Waals surface area contributed by atoms with Gasteiger partial charge in [-0.3, -0.25) is 4.90 Å². The fraction of sp³-hybridized carbons (Fsp3) is 0.533. The van der Waals surface area contributed by atoms with Crippen molar-refractivity contribution in [2.75, 3.05) is 11.4 Å². The first-order chi connectivity index (χ1) is 9.01. The molecule has 0 fully saturated rings. The van der Waals surface area contributed by atoms with Crippen molar-refractivity contribution in [1.29, 1.82) is 0 Å². The van der Waals surface area contributed by atoms with Crippen LogP contribution < -0.4 is 4.90 Å². The Bertz CT molecular complexity index is 562. The van der Waals surface area contributed by atoms with Crippen molar-refractivity contribution >= 4 is 43.6 Å². The fourth-order valence-corrected chi connectivity index (χ4v) is 3.83. The lowest BCUT2D eigenvalue weighted by molar-refractivity contribution is 0.0579. The van der Waals surface area contributed by atoms with Crippen molar-refractivity contribution in [2.45, 2.75) is 45.6 Å². The summed E-state index contributed by atoms with van der Waals surface area (Å²) in [6.45, 7) is 10.5. The van der Waals surface area contributed by atoms with Crippen molar-refractivity contribution < 1.29 is 9.53 Å². The van der Waals surface area contributed by atoms with Gasteiger partial charge in [-0.15, -0.1) is 0 Å². The zero-order valence-electron chi connectivity index (χ0n) is 12.4. The Balaban J connectivity index is 2.45. The molecule has 0 unspecified atom stereocenters. The normalized spacial score (nSPS) is 17.1. The number of hydrogen-bond acceptors (Lipinski definition) is 2. The molecule has 2 rings (SSSR count). The molecule has 0 atom stereocenters. The van der Waals surface area contributed by atoms with Crippen LogP contribution in [0.5, 0.6) is 0 Å². The Kier molecular flexibility index (Phi) is 3.97. The van der Waals surface area contributed by atoms with Crippen LogP contribution in [0.15, 0.2) is 21.1 Å². The Morgan fingerprint density at radius 3 is 2.45 bits per heavy atom. The molecule has 0 N–H and O–H groups in total. The molecule has 0 saturated heterocycles. The molecule has 0 bridgehead atoms. The second kappa shape index (κ2) is 5.02. The number of anilines is 1. The molecule has 1 aliphatic rings. The Morgan fingerprint density at radius 2 is 1.90 bits per heavy atom. The second-order valence-corrected chi connectivity index (χ2v) is 8.50. The van der Waals surface area contributed by atoms with Crippen molar-refractivity contribution in [3.05, 3.63) is 26.6 Å². The standard InChI is InChI=1S/C15H19Br2NO2/c1-14(2,3)20-13(19)18-8-15(4,5)10-6-9(16)7-11(17)12(10)18/h6-7H,8H2,1-5H3. The molecule has 5 heteroatoms. The van der Waals surface area contributed by atoms with Gasteiger partial charge in [-0.05, 0) is 54.4 Å². The first kappa shape index (κ1) is 15.8. The minimum absolute atomic E-state index is 0.0987. The van der Waals surface area contributed by atoms with E-state index in [2.05, 4.69) is 51.8 Å². The third-order valence-corrected chi connectivity index (χ3v) is 4.26. The molecule has 0 aromatic heterocycles. The summed E-state index contributed by atoms with van der Waals surface area (Å²) in [5, 5.41) is 0. The largest absolute Gasteiger partial charge is 0.443 e. The summed E-state index contributed by atoms with van der Waals surface area (Å²) >= 11 is 7.07. The minimum Gasteiger partial charge on any atom is -0.443 e. The number of amides is 1. The summed E-state index contributed by atoms with van der Waals surface area (Å²) in [6, 6.07) is 4.03. The van der Waals surface area contributed by atoms with Gasteiger partial charge in [0.2, 0.25) is 0 Å². The summed E-state index contributed by atoms with van der Waals surface area (Å²) in [4.78, 5) is 14.1. The highest BCUT2D eigenvalue weighted by Crippen LogP contribution is 2.46. The van der Waals surface area contributed by atoms with Crippen LogP contribution >= 0.6 is 31.9 Å². The van der Waals surface area contributed by atoms with Gasteiger partial charge in [0.25, 0.3) is 0 Å². The van der Waals surface area contributed by atoms with E-state index in [1.165, 1.54) is 0 Å². The molecule has 110 valence electrons. The maximum atomic E-state index is 12.4. The van der Waals surface area contributed by atoms with E-state index in [-0.39, 0.29) is 11.5 Å². The van der Waals surface area contributed by atoms with E-state index in [0.29, 0.717) is 6.54 Å². The van der Waals surface area contributed by atoms with Gasteiger partial charge in [0.15, 0.2) is 0 Å². The van der Waals surface area contributed by atoms with Gasteiger partial charge in [0.1, 0.15) is 5.60 Å². The maximum absolute atomic E-state index is 12.4. The Hall–Kier alpha value is -0.550. The molecule has 0 radical (unpaired) electrons. The van der Waals surface area contributed by atoms with E-state index >= 15 is 0 Å². The Morgan fingerprint density at radius 1 is 1.30 bits per heavy atom. The molecular formula is C15H19Br2NO2. The first-order valence-corrected chi connectivity index (χ1v) is 8.10. The molecule has 1 aliphatic heterocycles. The van der Waals surface area contributed by atoms with Crippen molar-refractivity contribution in [2.24, 2.45) is 0 Å². The summed E-state index contributed by atoms with van der Waals surface area (Å²) in [7, 11) is 0. The van der Waals surface area contributed by atoms with Gasteiger partial charge >= 0.3 is 6.09 Å². The van der Waals surface area contributed by atoms with Gasteiger partial charge in [0.05, 0.1) is 5.69 Å². The third-order valence-electron chi connectivity index (χ3n) is 3.19. The van der Waals surface area contributed by atoms with E-state index in [0.717, 1.165) is 20.2 Å². The molecule has 1 aromatic carbocycles. The fourth-order valence-electron chi connectivity index (χ4n) is 2.39. The lowest BCUT2D eigenvalue weighted by atomic mass is 9.87. The average molecular weight is 405 g/mol. The van der Waals surface area contributed by atoms with Gasteiger partial charge in [-0.25, -0.2) is 4.79 Å². The van der Waals surface area contributed by atoms with E-state index in [1.807, 2.05) is 26.8 Å². The van der Waals surface area contributed by atoms with Crippen LogP contribution in [0, 0.1) is 0 Å². The summed E-state index contributed by atoms with van der Waals surface area (Å²) < 4.78 is 7.41. The smallest absolute Gasteiger partial charge is 0.414 e. The number of carbonyl (C=O) groups excluding carboxylic acids is 1. The highest BCUT2D eigenvalue weighted by Gasteiger charge is 2.41. The number of carbonyl (C=O) groups is 1. The van der Waals surface area contributed by atoms with Crippen molar-refractivity contribution in [3.8, 4) is 0 Å². The van der Waals surface area contributed by atoms with Crippen LogP contribution in [0.3, 0.4) is 0 Å². The number of nitrogens with zero attached hydrogens (tertiary/aromatic N) is 1. The summed E-state index contributed by atoms with van der Waals surface area (Å²) in [6.07, 6.45) is -0.299. The number of hydrogen-bond donors (Lipinski definition) is 0. The minimum atomic E-state index is -0.494. The third kappa shape index (κ3) is 3.03. The zero-order chi connectivity index (χ0) is 15.3. The Labute approximate surface area is 136 Å². The predicted molar refractivity (Wildman–Crippen MR) is 88.4 cm³/mol. The lowest BCUT2D eigenvalue weighted by Gasteiger charge is -2.26. The van der Waals surface area contributed by atoms with Gasteiger partial charge in [-0.2, -0.15) is 0 Å². The van der Waals surface area contributed by atoms with Crippen molar-refractivity contribution in [1.82, 2.24) is 0 Å². The molecule has 3 nitrogen and oxygen atoms in total. The van der Waals surface area contributed by atoms with E-state index in [1.54, 1.807) is 4.90 Å². The average Bonchev–Trinajstić information content (AvgIpc) is 2.49. The lowest BCUT2D eigenvalue weighted by Crippen LogP contribution is -2.38. The molecule has 1 amide bonds. The van der Waals surface area contributed by atoms with Gasteiger partial charge in [-0.1, -0.05) is 29.8 Å². The molecule has 0 aliphatic carbocycles. The monoisotopic (exact) mass is 403 g/mol. The first-order valence-electron chi connectivity index (χ1n) is 6.51. The quantitative estimate of drug-likeness (QED) is 0.591. The number of fused-ring (bicyclic) bond motifs is 1. The molecular weight excluding hydrogens is 386 g/mol. The number of halogens is 2. The molecule has 0 saturated carbocycles. The molecule has 0 spiro atoms. The molecule has 1 aromatic rings. The number of rotatable bonds is 0. The zero-order valence-corrected chi connectivity index (χ0v) is 15.6. The van der Waals surface area contributed by atoms with Crippen LogP contribution in [0.2, 0.25) is 0 Å². The van der Waals surface area contributed by atoms with Crippen LogP contribution in [0.4, 0.5) is 10.5 Å². The van der Waals surface area contributed by atoms with E-state index in [9.17, 15) is 4.79 Å². The summed E-state index contributed by atoms with van der Waals surface area (Å²) in [5.74, 6) is 0. The number of ether oxygens (including phenoxy) is 1. The van der Waals surface area contributed by atoms with Crippen LogP contribution in [0.25, 0.3) is 0 Å².